The highest BCUT2D eigenvalue weighted by Gasteiger charge is 2.19. The van der Waals surface area contributed by atoms with Gasteiger partial charge in [-0.1, -0.05) is 44.4 Å². The van der Waals surface area contributed by atoms with Crippen LogP contribution >= 0.6 is 0 Å². The van der Waals surface area contributed by atoms with E-state index in [9.17, 15) is 5.11 Å². The van der Waals surface area contributed by atoms with Crippen LogP contribution in [0.3, 0.4) is 0 Å². The molecule has 0 aliphatic rings. The lowest BCUT2D eigenvalue weighted by Crippen LogP contribution is -2.33. The Balaban J connectivity index is 2.26. The van der Waals surface area contributed by atoms with Crippen LogP contribution in [0.5, 0.6) is 5.75 Å². The van der Waals surface area contributed by atoms with Crippen molar-refractivity contribution in [1.29, 1.82) is 0 Å². The van der Waals surface area contributed by atoms with Crippen molar-refractivity contribution in [2.24, 2.45) is 0 Å². The lowest BCUT2D eigenvalue weighted by Gasteiger charge is -2.22. The van der Waals surface area contributed by atoms with Crippen LogP contribution < -0.4 is 4.74 Å². The Morgan fingerprint density at radius 2 is 1.81 bits per heavy atom. The smallest absolute Gasteiger partial charge is 0.119 e. The molecule has 1 rings (SSSR count). The SMILES string of the molecule is CCCCCCOC(CCOc1ccccc1)C(O)CO. The molecule has 2 unspecified atom stereocenters. The first-order valence-electron chi connectivity index (χ1n) is 7.86. The van der Waals surface area contributed by atoms with Gasteiger partial charge in [0.05, 0.1) is 19.3 Å². The number of aliphatic hydroxyl groups excluding tert-OH is 2. The first kappa shape index (κ1) is 18.0. The fourth-order valence-corrected chi connectivity index (χ4v) is 2.08. The van der Waals surface area contributed by atoms with Crippen molar-refractivity contribution >= 4 is 0 Å². The van der Waals surface area contributed by atoms with E-state index in [4.69, 9.17) is 14.6 Å². The summed E-state index contributed by atoms with van der Waals surface area (Å²) in [6, 6.07) is 9.55. The number of hydrogen-bond acceptors (Lipinski definition) is 4. The van der Waals surface area contributed by atoms with E-state index in [-0.39, 0.29) is 12.7 Å². The number of rotatable bonds is 12. The van der Waals surface area contributed by atoms with Gasteiger partial charge in [0.15, 0.2) is 0 Å². The number of ether oxygens (including phenoxy) is 2. The highest BCUT2D eigenvalue weighted by atomic mass is 16.5. The summed E-state index contributed by atoms with van der Waals surface area (Å²) in [7, 11) is 0. The van der Waals surface area contributed by atoms with E-state index in [2.05, 4.69) is 6.92 Å². The molecule has 0 aromatic heterocycles. The molecule has 4 heteroatoms. The van der Waals surface area contributed by atoms with E-state index in [0.29, 0.717) is 19.6 Å². The largest absolute Gasteiger partial charge is 0.493 e. The average Bonchev–Trinajstić information content (AvgIpc) is 2.53. The van der Waals surface area contributed by atoms with Crippen LogP contribution in [0.1, 0.15) is 39.0 Å². The van der Waals surface area contributed by atoms with E-state index in [1.165, 1.54) is 12.8 Å². The molecule has 0 fully saturated rings. The Morgan fingerprint density at radius 3 is 2.48 bits per heavy atom. The maximum absolute atomic E-state index is 9.79. The van der Waals surface area contributed by atoms with Crippen molar-refractivity contribution < 1.29 is 19.7 Å². The van der Waals surface area contributed by atoms with E-state index in [1.807, 2.05) is 30.3 Å². The van der Waals surface area contributed by atoms with Crippen LogP contribution in [0.4, 0.5) is 0 Å². The summed E-state index contributed by atoms with van der Waals surface area (Å²) in [5.74, 6) is 0.803. The van der Waals surface area contributed by atoms with Crippen molar-refractivity contribution in [3.05, 3.63) is 30.3 Å². The van der Waals surface area contributed by atoms with Crippen LogP contribution in [0.25, 0.3) is 0 Å². The van der Waals surface area contributed by atoms with Gasteiger partial charge >= 0.3 is 0 Å². The second kappa shape index (κ2) is 11.5. The fourth-order valence-electron chi connectivity index (χ4n) is 2.08. The molecule has 1 aromatic carbocycles. The Kier molecular flexibility index (Phi) is 9.87. The van der Waals surface area contributed by atoms with Crippen molar-refractivity contribution in [2.45, 2.75) is 51.2 Å². The summed E-state index contributed by atoms with van der Waals surface area (Å²) in [5.41, 5.74) is 0. The van der Waals surface area contributed by atoms with Crippen molar-refractivity contribution in [3.8, 4) is 5.75 Å². The van der Waals surface area contributed by atoms with Gasteiger partial charge < -0.3 is 19.7 Å². The molecule has 0 amide bonds. The molecular formula is C17H28O4. The summed E-state index contributed by atoms with van der Waals surface area (Å²) in [6.45, 7) is 2.96. The summed E-state index contributed by atoms with van der Waals surface area (Å²) >= 11 is 0. The highest BCUT2D eigenvalue weighted by molar-refractivity contribution is 5.20. The van der Waals surface area contributed by atoms with Crippen molar-refractivity contribution in [2.75, 3.05) is 19.8 Å². The molecule has 0 radical (unpaired) electrons. The number of unbranched alkanes of at least 4 members (excludes halogenated alkanes) is 3. The maximum atomic E-state index is 9.79. The summed E-state index contributed by atoms with van der Waals surface area (Å²) < 4.78 is 11.3. The monoisotopic (exact) mass is 296 g/mol. The molecule has 0 aliphatic carbocycles. The van der Waals surface area contributed by atoms with Gasteiger partial charge in [0.1, 0.15) is 11.9 Å². The number of benzene rings is 1. The van der Waals surface area contributed by atoms with Crippen LogP contribution in [-0.2, 0) is 4.74 Å². The molecular weight excluding hydrogens is 268 g/mol. The number of aliphatic hydroxyl groups is 2. The number of hydrogen-bond donors (Lipinski definition) is 2. The summed E-state index contributed by atoms with van der Waals surface area (Å²) in [5, 5.41) is 18.9. The normalized spacial score (nSPS) is 13.9. The fraction of sp³-hybridized carbons (Fsp3) is 0.647. The van der Waals surface area contributed by atoms with Crippen LogP contribution in [0, 0.1) is 0 Å². The van der Waals surface area contributed by atoms with Crippen LogP contribution in [0.15, 0.2) is 30.3 Å². The van der Waals surface area contributed by atoms with Gasteiger partial charge in [-0.2, -0.15) is 0 Å². The molecule has 0 spiro atoms. The van der Waals surface area contributed by atoms with Gasteiger partial charge in [-0.15, -0.1) is 0 Å². The minimum absolute atomic E-state index is 0.287. The Bertz CT molecular complexity index is 342. The van der Waals surface area contributed by atoms with E-state index >= 15 is 0 Å². The molecule has 2 atom stereocenters. The predicted molar refractivity (Wildman–Crippen MR) is 83.5 cm³/mol. The first-order chi connectivity index (χ1) is 10.3. The van der Waals surface area contributed by atoms with Crippen molar-refractivity contribution in [1.82, 2.24) is 0 Å². The second-order valence-electron chi connectivity index (χ2n) is 5.17. The van der Waals surface area contributed by atoms with Gasteiger partial charge in [-0.3, -0.25) is 0 Å². The minimum Gasteiger partial charge on any atom is -0.493 e. The maximum Gasteiger partial charge on any atom is 0.119 e. The van der Waals surface area contributed by atoms with Gasteiger partial charge in [0, 0.05) is 13.0 Å². The lowest BCUT2D eigenvalue weighted by molar-refractivity contribution is -0.0661. The van der Waals surface area contributed by atoms with E-state index < -0.39 is 6.10 Å². The molecule has 1 aromatic rings. The third-order valence-electron chi connectivity index (χ3n) is 3.36. The van der Waals surface area contributed by atoms with E-state index in [1.54, 1.807) is 0 Å². The molecule has 2 N–H and O–H groups in total. The predicted octanol–water partition coefficient (Wildman–Crippen LogP) is 2.77. The molecule has 4 nitrogen and oxygen atoms in total. The van der Waals surface area contributed by atoms with Gasteiger partial charge in [0.2, 0.25) is 0 Å². The Hall–Kier alpha value is -1.10. The second-order valence-corrected chi connectivity index (χ2v) is 5.17. The molecule has 0 aliphatic heterocycles. The average molecular weight is 296 g/mol. The zero-order chi connectivity index (χ0) is 15.3. The number of para-hydroxylation sites is 1. The molecule has 0 heterocycles. The summed E-state index contributed by atoms with van der Waals surface area (Å²) in [6.07, 6.45) is 3.85. The van der Waals surface area contributed by atoms with Gasteiger partial charge in [-0.25, -0.2) is 0 Å². The quantitative estimate of drug-likeness (QED) is 0.582. The molecule has 120 valence electrons. The molecule has 21 heavy (non-hydrogen) atoms. The van der Waals surface area contributed by atoms with Crippen molar-refractivity contribution in [3.63, 3.8) is 0 Å². The Morgan fingerprint density at radius 1 is 1.05 bits per heavy atom. The minimum atomic E-state index is -0.851. The van der Waals surface area contributed by atoms with Gasteiger partial charge in [0.25, 0.3) is 0 Å². The van der Waals surface area contributed by atoms with Gasteiger partial charge in [-0.05, 0) is 18.6 Å². The Labute approximate surface area is 127 Å². The molecule has 0 saturated heterocycles. The first-order valence-corrected chi connectivity index (χ1v) is 7.86. The lowest BCUT2D eigenvalue weighted by atomic mass is 10.1. The third kappa shape index (κ3) is 8.05. The van der Waals surface area contributed by atoms with Crippen LogP contribution in [0.2, 0.25) is 0 Å². The summed E-state index contributed by atoms with van der Waals surface area (Å²) in [4.78, 5) is 0. The van der Waals surface area contributed by atoms with E-state index in [0.717, 1.165) is 18.6 Å². The molecule has 0 saturated carbocycles. The molecule has 0 bridgehead atoms. The third-order valence-corrected chi connectivity index (χ3v) is 3.36. The standard InChI is InChI=1S/C17H28O4/c1-2-3-4-8-12-21-17(16(19)14-18)11-13-20-15-9-6-5-7-10-15/h5-7,9-10,16-19H,2-4,8,11-14H2,1H3. The highest BCUT2D eigenvalue weighted by Crippen LogP contribution is 2.12. The topological polar surface area (TPSA) is 58.9 Å². The zero-order valence-corrected chi connectivity index (χ0v) is 12.9. The zero-order valence-electron chi connectivity index (χ0n) is 12.9. The van der Waals surface area contributed by atoms with Crippen LogP contribution in [-0.4, -0.2) is 42.2 Å².